The third-order valence-corrected chi connectivity index (χ3v) is 5.50. The lowest BCUT2D eigenvalue weighted by atomic mass is 9.82. The number of nitrogens with two attached hydrogens (primary N) is 1. The molecular formula is C15H22N4S. The van der Waals surface area contributed by atoms with E-state index < -0.39 is 0 Å². The van der Waals surface area contributed by atoms with Crippen LogP contribution in [0.2, 0.25) is 0 Å². The van der Waals surface area contributed by atoms with Gasteiger partial charge in [0.05, 0.1) is 5.39 Å². The maximum atomic E-state index is 5.65. The third-order valence-electron chi connectivity index (χ3n) is 4.33. The molecule has 5 heteroatoms. The van der Waals surface area contributed by atoms with Crippen LogP contribution in [0.15, 0.2) is 6.07 Å². The number of nitrogens with one attached hydrogen (secondary N) is 1. The van der Waals surface area contributed by atoms with E-state index in [1.807, 2.05) is 0 Å². The van der Waals surface area contributed by atoms with Crippen LogP contribution in [0, 0.1) is 5.92 Å². The molecule has 2 heterocycles. The minimum absolute atomic E-state index is 0.495. The predicted octanol–water partition coefficient (Wildman–Crippen LogP) is 3.83. The summed E-state index contributed by atoms with van der Waals surface area (Å²) < 4.78 is 0. The Morgan fingerprint density at radius 3 is 2.70 bits per heavy atom. The minimum Gasteiger partial charge on any atom is -0.308 e. The molecule has 4 nitrogen and oxygen atoms in total. The molecule has 0 saturated heterocycles. The van der Waals surface area contributed by atoms with Crippen molar-refractivity contribution in [1.82, 2.24) is 9.97 Å². The summed E-state index contributed by atoms with van der Waals surface area (Å²) in [5.41, 5.74) is 2.75. The Bertz CT molecular complexity index is 599. The summed E-state index contributed by atoms with van der Waals surface area (Å²) in [6.07, 6.45) is 5.98. The van der Waals surface area contributed by atoms with Gasteiger partial charge in [0.15, 0.2) is 5.82 Å². The van der Waals surface area contributed by atoms with Gasteiger partial charge >= 0.3 is 0 Å². The molecule has 0 amide bonds. The number of anilines is 1. The van der Waals surface area contributed by atoms with Crippen LogP contribution in [0.1, 0.15) is 56.2 Å². The van der Waals surface area contributed by atoms with Crippen LogP contribution in [-0.2, 0) is 6.42 Å². The molecule has 20 heavy (non-hydrogen) atoms. The lowest BCUT2D eigenvalue weighted by Gasteiger charge is -2.25. The maximum absolute atomic E-state index is 5.65. The number of nitrogen functional groups attached to an aromatic ring is 1. The highest BCUT2D eigenvalue weighted by Gasteiger charge is 2.23. The number of hydrogen-bond donors (Lipinski definition) is 2. The molecule has 3 N–H and O–H groups in total. The van der Waals surface area contributed by atoms with Crippen LogP contribution in [-0.4, -0.2) is 9.97 Å². The highest BCUT2D eigenvalue weighted by atomic mass is 32.1. The topological polar surface area (TPSA) is 63.8 Å². The molecule has 0 aliphatic heterocycles. The van der Waals surface area contributed by atoms with Gasteiger partial charge in [0, 0.05) is 10.8 Å². The van der Waals surface area contributed by atoms with E-state index in [9.17, 15) is 0 Å². The van der Waals surface area contributed by atoms with Gasteiger partial charge < -0.3 is 5.43 Å². The number of hydrogen-bond acceptors (Lipinski definition) is 5. The Kier molecular flexibility index (Phi) is 3.89. The number of thiophene rings is 1. The zero-order valence-corrected chi connectivity index (χ0v) is 13.0. The fourth-order valence-corrected chi connectivity index (χ4v) is 3.95. The number of hydrazine groups is 1. The van der Waals surface area contributed by atoms with Gasteiger partial charge in [-0.3, -0.25) is 0 Å². The Morgan fingerprint density at radius 2 is 2.05 bits per heavy atom. The van der Waals surface area contributed by atoms with Crippen molar-refractivity contribution in [3.63, 3.8) is 0 Å². The van der Waals surface area contributed by atoms with Crippen molar-refractivity contribution in [3.05, 3.63) is 16.8 Å². The van der Waals surface area contributed by atoms with Crippen molar-refractivity contribution in [2.24, 2.45) is 11.8 Å². The minimum atomic E-state index is 0.495. The number of aryl methyl sites for hydroxylation is 1. The highest BCUT2D eigenvalue weighted by Crippen LogP contribution is 2.36. The number of aromatic nitrogens is 2. The first-order valence-electron chi connectivity index (χ1n) is 7.48. The van der Waals surface area contributed by atoms with E-state index in [2.05, 4.69) is 30.3 Å². The standard InChI is InChI=1S/C15H22N4S/c1-3-11-8-12-14(19-16)17-13(18-15(12)20-11)10-6-4-9(2)5-7-10/h8-10H,3-7,16H2,1-2H3,(H,17,18,19). The fraction of sp³-hybridized carbons (Fsp3) is 0.600. The first-order valence-corrected chi connectivity index (χ1v) is 8.29. The average Bonchev–Trinajstić information content (AvgIpc) is 2.90. The molecule has 0 spiro atoms. The van der Waals surface area contributed by atoms with Gasteiger partial charge in [0.25, 0.3) is 0 Å². The molecular weight excluding hydrogens is 268 g/mol. The summed E-state index contributed by atoms with van der Waals surface area (Å²) in [5, 5.41) is 1.06. The molecule has 0 atom stereocenters. The number of rotatable bonds is 3. The molecule has 3 rings (SSSR count). The van der Waals surface area contributed by atoms with E-state index in [0.29, 0.717) is 5.92 Å². The molecule has 0 bridgehead atoms. The zero-order chi connectivity index (χ0) is 14.1. The Hall–Kier alpha value is -1.20. The molecule has 0 aromatic carbocycles. The zero-order valence-electron chi connectivity index (χ0n) is 12.1. The molecule has 2 aromatic rings. The summed E-state index contributed by atoms with van der Waals surface area (Å²) in [4.78, 5) is 11.9. The van der Waals surface area contributed by atoms with Gasteiger partial charge in [-0.1, -0.05) is 26.7 Å². The predicted molar refractivity (Wildman–Crippen MR) is 85.0 cm³/mol. The number of nitrogens with zero attached hydrogens (tertiary/aromatic N) is 2. The summed E-state index contributed by atoms with van der Waals surface area (Å²) in [5.74, 6) is 8.74. The van der Waals surface area contributed by atoms with E-state index >= 15 is 0 Å². The van der Waals surface area contributed by atoms with E-state index in [4.69, 9.17) is 10.8 Å². The second kappa shape index (κ2) is 5.66. The van der Waals surface area contributed by atoms with Gasteiger partial charge in [-0.25, -0.2) is 15.8 Å². The van der Waals surface area contributed by atoms with E-state index in [0.717, 1.165) is 34.2 Å². The first kappa shape index (κ1) is 13.8. The van der Waals surface area contributed by atoms with Gasteiger partial charge in [-0.05, 0) is 31.2 Å². The lowest BCUT2D eigenvalue weighted by Crippen LogP contribution is -2.16. The summed E-state index contributed by atoms with van der Waals surface area (Å²) in [6, 6.07) is 2.15. The number of fused-ring (bicyclic) bond motifs is 1. The highest BCUT2D eigenvalue weighted by molar-refractivity contribution is 7.18. The van der Waals surface area contributed by atoms with Crippen LogP contribution in [0.25, 0.3) is 10.2 Å². The second-order valence-electron chi connectivity index (χ2n) is 5.82. The van der Waals surface area contributed by atoms with Crippen molar-refractivity contribution >= 4 is 27.4 Å². The van der Waals surface area contributed by atoms with Gasteiger partial charge in [-0.15, -0.1) is 11.3 Å². The Morgan fingerprint density at radius 1 is 1.30 bits per heavy atom. The van der Waals surface area contributed by atoms with Crippen LogP contribution in [0.5, 0.6) is 0 Å². The summed E-state index contributed by atoms with van der Waals surface area (Å²) >= 11 is 1.76. The van der Waals surface area contributed by atoms with Crippen molar-refractivity contribution in [1.29, 1.82) is 0 Å². The van der Waals surface area contributed by atoms with Crippen molar-refractivity contribution < 1.29 is 0 Å². The monoisotopic (exact) mass is 290 g/mol. The molecule has 1 fully saturated rings. The van der Waals surface area contributed by atoms with E-state index in [-0.39, 0.29) is 0 Å². The second-order valence-corrected chi connectivity index (χ2v) is 6.93. The van der Waals surface area contributed by atoms with Crippen molar-refractivity contribution in [2.45, 2.75) is 51.9 Å². The van der Waals surface area contributed by atoms with Crippen LogP contribution >= 0.6 is 11.3 Å². The van der Waals surface area contributed by atoms with Crippen LogP contribution < -0.4 is 11.3 Å². The third kappa shape index (κ3) is 2.52. The van der Waals surface area contributed by atoms with Crippen molar-refractivity contribution in [2.75, 3.05) is 5.43 Å². The van der Waals surface area contributed by atoms with E-state index in [1.165, 1.54) is 30.6 Å². The van der Waals surface area contributed by atoms with Gasteiger partial charge in [-0.2, -0.15) is 0 Å². The van der Waals surface area contributed by atoms with Gasteiger partial charge in [0.2, 0.25) is 0 Å². The van der Waals surface area contributed by atoms with Crippen molar-refractivity contribution in [3.8, 4) is 0 Å². The molecule has 1 aliphatic rings. The molecule has 0 radical (unpaired) electrons. The molecule has 1 saturated carbocycles. The molecule has 1 aliphatic carbocycles. The smallest absolute Gasteiger partial charge is 0.152 e. The van der Waals surface area contributed by atoms with E-state index in [1.54, 1.807) is 11.3 Å². The lowest BCUT2D eigenvalue weighted by molar-refractivity contribution is 0.340. The van der Waals surface area contributed by atoms with Crippen LogP contribution in [0.4, 0.5) is 5.82 Å². The molecule has 2 aromatic heterocycles. The molecule has 0 unspecified atom stereocenters. The summed E-state index contributed by atoms with van der Waals surface area (Å²) in [6.45, 7) is 4.50. The fourth-order valence-electron chi connectivity index (χ4n) is 2.97. The normalized spacial score (nSPS) is 23.1. The Labute approximate surface area is 123 Å². The first-order chi connectivity index (χ1) is 9.71. The maximum Gasteiger partial charge on any atom is 0.152 e. The summed E-state index contributed by atoms with van der Waals surface area (Å²) in [7, 11) is 0. The van der Waals surface area contributed by atoms with Gasteiger partial charge in [0.1, 0.15) is 10.7 Å². The molecule has 108 valence electrons. The largest absolute Gasteiger partial charge is 0.308 e. The van der Waals surface area contributed by atoms with Crippen LogP contribution in [0.3, 0.4) is 0 Å². The SMILES string of the molecule is CCc1cc2c(NN)nc(C3CCC(C)CC3)nc2s1. The Balaban J connectivity index is 1.99. The quantitative estimate of drug-likeness (QED) is 0.666. The average molecular weight is 290 g/mol.